The summed E-state index contributed by atoms with van der Waals surface area (Å²) < 4.78 is 25.8. The minimum absolute atomic E-state index is 0.239. The van der Waals surface area contributed by atoms with Gasteiger partial charge in [-0.2, -0.15) is 0 Å². The van der Waals surface area contributed by atoms with Gasteiger partial charge in [-0.3, -0.25) is 4.79 Å². The normalized spacial score (nSPS) is 13.9. The van der Waals surface area contributed by atoms with Gasteiger partial charge in [-0.1, -0.05) is 36.4 Å². The van der Waals surface area contributed by atoms with Gasteiger partial charge in [-0.05, 0) is 56.0 Å². The highest BCUT2D eigenvalue weighted by Gasteiger charge is 2.29. The molecule has 8 heteroatoms. The fraction of sp³-hybridized carbons (Fsp3) is 0.296. The smallest absolute Gasteiger partial charge is 0.182 e. The molecule has 2 N–H and O–H groups in total. The summed E-state index contributed by atoms with van der Waals surface area (Å²) in [7, 11) is -3.49. The molecule has 4 aromatic rings. The number of nitrogens with zero attached hydrogens (tertiary/aromatic N) is 2. The van der Waals surface area contributed by atoms with Crippen LogP contribution in [0.1, 0.15) is 43.6 Å². The van der Waals surface area contributed by atoms with Crippen LogP contribution in [0.2, 0.25) is 0 Å². The number of hydrogen-bond donors (Lipinski definition) is 2. The Morgan fingerprint density at radius 1 is 1.06 bits per heavy atom. The number of aromatic amines is 1. The lowest BCUT2D eigenvalue weighted by Gasteiger charge is -2.15. The van der Waals surface area contributed by atoms with Crippen molar-refractivity contribution in [1.82, 2.24) is 15.0 Å². The molecule has 1 fully saturated rings. The van der Waals surface area contributed by atoms with E-state index >= 15 is 0 Å². The van der Waals surface area contributed by atoms with Crippen molar-refractivity contribution in [1.29, 1.82) is 0 Å². The van der Waals surface area contributed by atoms with Crippen molar-refractivity contribution < 1.29 is 13.2 Å². The second-order valence-electron chi connectivity index (χ2n) is 9.36. The van der Waals surface area contributed by atoms with Gasteiger partial charge >= 0.3 is 0 Å². The zero-order valence-corrected chi connectivity index (χ0v) is 20.6. The maximum atomic E-state index is 12.9. The predicted molar refractivity (Wildman–Crippen MR) is 137 cm³/mol. The number of nitrogens with one attached hydrogen (secondary N) is 2. The van der Waals surface area contributed by atoms with E-state index in [1.807, 2.05) is 30.3 Å². The first-order valence-electron chi connectivity index (χ1n) is 11.9. The summed E-state index contributed by atoms with van der Waals surface area (Å²) in [5.74, 6) is 1.68. The minimum atomic E-state index is -3.49. The number of anilines is 2. The molecule has 0 aliphatic heterocycles. The molecule has 2 aromatic heterocycles. The third-order valence-electron chi connectivity index (χ3n) is 6.28. The van der Waals surface area contributed by atoms with Gasteiger partial charge in [0.15, 0.2) is 15.7 Å². The quantitative estimate of drug-likeness (QED) is 0.344. The molecule has 0 bridgehead atoms. The molecule has 2 aromatic carbocycles. The highest BCUT2D eigenvalue weighted by atomic mass is 32.2. The molecular formula is C27H28N4O3S. The first-order valence-corrected chi connectivity index (χ1v) is 13.4. The highest BCUT2D eigenvalue weighted by molar-refractivity contribution is 7.92. The van der Waals surface area contributed by atoms with E-state index in [-0.39, 0.29) is 10.8 Å². The molecule has 0 spiro atoms. The van der Waals surface area contributed by atoms with E-state index < -0.39 is 15.1 Å². The van der Waals surface area contributed by atoms with Gasteiger partial charge < -0.3 is 10.3 Å². The highest BCUT2D eigenvalue weighted by Crippen LogP contribution is 2.32. The number of ketones is 1. The van der Waals surface area contributed by atoms with Crippen LogP contribution in [0, 0.1) is 5.92 Å². The molecular weight excluding hydrogens is 460 g/mol. The van der Waals surface area contributed by atoms with E-state index in [1.54, 1.807) is 44.3 Å². The average Bonchev–Trinajstić information content (AvgIpc) is 3.57. The van der Waals surface area contributed by atoms with Crippen LogP contribution in [-0.2, 0) is 27.5 Å². The third kappa shape index (κ3) is 4.98. The standard InChI is InChI=1S/C27H28N4O3S/c1-17(2)35(33,34)24-9-4-3-8-21(24)30-27-26-22(12-13-28-26)29-25(31-27)16-19-7-5-6-18(14-19)15-23(32)20-10-11-20/h3-9,12-14,17,20,28H,10-11,15-16H2,1-2H3,(H,29,30,31). The number of Topliss-reactive ketones (excluding diaryl/α,β-unsaturated/α-hetero) is 1. The SMILES string of the molecule is CC(C)S(=O)(=O)c1ccccc1Nc1nc(Cc2cccc(CC(=O)C3CC3)c2)nc2cc[nH]c12. The van der Waals surface area contributed by atoms with Crippen LogP contribution in [0.25, 0.3) is 11.0 Å². The Hall–Kier alpha value is -3.52. The number of para-hydroxylation sites is 1. The summed E-state index contributed by atoms with van der Waals surface area (Å²) >= 11 is 0. The Labute approximate surface area is 204 Å². The Kier molecular flexibility index (Phi) is 6.15. The second kappa shape index (κ2) is 9.26. The predicted octanol–water partition coefficient (Wildman–Crippen LogP) is 5.00. The van der Waals surface area contributed by atoms with Crippen LogP contribution >= 0.6 is 0 Å². The van der Waals surface area contributed by atoms with E-state index in [4.69, 9.17) is 9.97 Å². The maximum absolute atomic E-state index is 12.9. The summed E-state index contributed by atoms with van der Waals surface area (Å²) in [5.41, 5.74) is 3.95. The van der Waals surface area contributed by atoms with Crippen LogP contribution in [0.3, 0.4) is 0 Å². The van der Waals surface area contributed by atoms with Crippen molar-refractivity contribution in [2.75, 3.05) is 5.32 Å². The van der Waals surface area contributed by atoms with Gasteiger partial charge in [0, 0.05) is 25.0 Å². The Morgan fingerprint density at radius 2 is 1.83 bits per heavy atom. The fourth-order valence-corrected chi connectivity index (χ4v) is 5.35. The van der Waals surface area contributed by atoms with Gasteiger partial charge in [0.25, 0.3) is 0 Å². The van der Waals surface area contributed by atoms with E-state index in [2.05, 4.69) is 10.3 Å². The molecule has 0 radical (unpaired) electrons. The molecule has 1 aliphatic carbocycles. The van der Waals surface area contributed by atoms with Crippen LogP contribution in [0.4, 0.5) is 11.5 Å². The molecule has 1 saturated carbocycles. The second-order valence-corrected chi connectivity index (χ2v) is 11.8. The van der Waals surface area contributed by atoms with Crippen molar-refractivity contribution in [2.24, 2.45) is 5.92 Å². The van der Waals surface area contributed by atoms with Crippen molar-refractivity contribution in [3.8, 4) is 0 Å². The number of fused-ring (bicyclic) bond motifs is 1. The van der Waals surface area contributed by atoms with Crippen LogP contribution < -0.4 is 5.32 Å². The van der Waals surface area contributed by atoms with Gasteiger partial charge in [0.1, 0.15) is 17.1 Å². The van der Waals surface area contributed by atoms with Crippen molar-refractivity contribution in [3.63, 3.8) is 0 Å². The molecule has 5 rings (SSSR count). The number of rotatable bonds is 9. The first kappa shape index (κ1) is 23.2. The topological polar surface area (TPSA) is 105 Å². The van der Waals surface area contributed by atoms with Crippen molar-refractivity contribution in [2.45, 2.75) is 49.7 Å². The van der Waals surface area contributed by atoms with Crippen molar-refractivity contribution >= 4 is 38.2 Å². The van der Waals surface area contributed by atoms with E-state index in [9.17, 15) is 13.2 Å². The summed E-state index contributed by atoms with van der Waals surface area (Å²) in [4.78, 5) is 25.1. The summed E-state index contributed by atoms with van der Waals surface area (Å²) in [5, 5.41) is 2.69. The van der Waals surface area contributed by atoms with E-state index in [0.717, 1.165) is 29.5 Å². The van der Waals surface area contributed by atoms with Crippen LogP contribution in [-0.4, -0.2) is 34.4 Å². The maximum Gasteiger partial charge on any atom is 0.182 e. The lowest BCUT2D eigenvalue weighted by molar-refractivity contribution is -0.119. The number of benzene rings is 2. The third-order valence-corrected chi connectivity index (χ3v) is 8.49. The Bertz CT molecular complexity index is 1500. The number of sulfone groups is 1. The number of aromatic nitrogens is 3. The fourth-order valence-electron chi connectivity index (χ4n) is 4.15. The molecule has 0 amide bonds. The Morgan fingerprint density at radius 3 is 2.60 bits per heavy atom. The van der Waals surface area contributed by atoms with E-state index in [1.165, 1.54) is 0 Å². The Balaban J connectivity index is 1.46. The molecule has 1 aliphatic rings. The zero-order chi connectivity index (χ0) is 24.6. The number of H-pyrrole nitrogens is 1. The summed E-state index contributed by atoms with van der Waals surface area (Å²) in [6.07, 6.45) is 4.77. The van der Waals surface area contributed by atoms with Gasteiger partial charge in [-0.25, -0.2) is 18.4 Å². The largest absolute Gasteiger partial charge is 0.357 e. The molecule has 35 heavy (non-hydrogen) atoms. The number of carbonyl (C=O) groups is 1. The van der Waals surface area contributed by atoms with Gasteiger partial charge in [0.2, 0.25) is 0 Å². The summed E-state index contributed by atoms with van der Waals surface area (Å²) in [6, 6.07) is 16.7. The molecule has 2 heterocycles. The number of hydrogen-bond acceptors (Lipinski definition) is 6. The molecule has 0 saturated heterocycles. The molecule has 7 nitrogen and oxygen atoms in total. The van der Waals surface area contributed by atoms with Crippen LogP contribution in [0.15, 0.2) is 65.7 Å². The first-order chi connectivity index (χ1) is 16.8. The van der Waals surface area contributed by atoms with E-state index in [0.29, 0.717) is 41.5 Å². The monoisotopic (exact) mass is 488 g/mol. The lowest BCUT2D eigenvalue weighted by atomic mass is 10.0. The average molecular weight is 489 g/mol. The van der Waals surface area contributed by atoms with Gasteiger partial charge in [0.05, 0.1) is 21.3 Å². The molecule has 180 valence electrons. The molecule has 0 unspecified atom stereocenters. The van der Waals surface area contributed by atoms with Crippen LogP contribution in [0.5, 0.6) is 0 Å². The lowest BCUT2D eigenvalue weighted by Crippen LogP contribution is -2.15. The summed E-state index contributed by atoms with van der Waals surface area (Å²) in [6.45, 7) is 3.34. The minimum Gasteiger partial charge on any atom is -0.357 e. The molecule has 0 atom stereocenters. The zero-order valence-electron chi connectivity index (χ0n) is 19.8. The number of carbonyl (C=O) groups excluding carboxylic acids is 1. The van der Waals surface area contributed by atoms with Crippen molar-refractivity contribution in [3.05, 3.63) is 77.7 Å². The van der Waals surface area contributed by atoms with Gasteiger partial charge in [-0.15, -0.1) is 0 Å².